The van der Waals surface area contributed by atoms with Crippen LogP contribution in [0.5, 0.6) is 0 Å². The van der Waals surface area contributed by atoms with Crippen LogP contribution < -0.4 is 5.32 Å². The molecule has 3 aromatic heterocycles. The number of benzene rings is 1. The third kappa shape index (κ3) is 4.17. The lowest BCUT2D eigenvalue weighted by Gasteiger charge is -2.10. The van der Waals surface area contributed by atoms with Crippen molar-refractivity contribution in [1.29, 1.82) is 0 Å². The summed E-state index contributed by atoms with van der Waals surface area (Å²) in [6.07, 6.45) is 3.47. The minimum atomic E-state index is -0.174. The molecule has 4 rings (SSSR count). The minimum absolute atomic E-state index is 0.174. The van der Waals surface area contributed by atoms with Crippen molar-refractivity contribution in [2.24, 2.45) is 0 Å². The smallest absolute Gasteiger partial charge is 0.236 e. The maximum atomic E-state index is 12.2. The topological polar surface area (TPSA) is 86.1 Å². The average molecular weight is 394 g/mol. The van der Waals surface area contributed by atoms with E-state index in [1.54, 1.807) is 19.3 Å². The van der Waals surface area contributed by atoms with Crippen molar-refractivity contribution in [2.45, 2.75) is 18.6 Å². The number of carbonyl (C=O) groups is 1. The number of aryl methyl sites for hydroxylation is 1. The molecule has 0 fully saturated rings. The molecule has 0 saturated heterocycles. The van der Waals surface area contributed by atoms with Crippen LogP contribution in [0.4, 0.5) is 5.82 Å². The van der Waals surface area contributed by atoms with Crippen molar-refractivity contribution in [3.05, 3.63) is 72.5 Å². The second kappa shape index (κ2) is 8.18. The highest BCUT2D eigenvalue weighted by Crippen LogP contribution is 2.27. The molecule has 4 aromatic rings. The number of amides is 1. The van der Waals surface area contributed by atoms with E-state index < -0.39 is 0 Å². The molecule has 0 aliphatic heterocycles. The number of rotatable bonds is 7. The highest BCUT2D eigenvalue weighted by atomic mass is 32.2. The van der Waals surface area contributed by atoms with E-state index in [0.29, 0.717) is 18.1 Å². The Morgan fingerprint density at radius 2 is 2.07 bits per heavy atom. The molecular weight excluding hydrogens is 376 g/mol. The van der Waals surface area contributed by atoms with Crippen molar-refractivity contribution in [1.82, 2.24) is 14.7 Å². The van der Waals surface area contributed by atoms with Crippen molar-refractivity contribution in [2.75, 3.05) is 11.1 Å². The summed E-state index contributed by atoms with van der Waals surface area (Å²) in [5, 5.41) is 7.23. The van der Waals surface area contributed by atoms with Crippen LogP contribution in [-0.2, 0) is 11.3 Å². The lowest BCUT2D eigenvalue weighted by Crippen LogP contribution is -2.15. The van der Waals surface area contributed by atoms with Crippen LogP contribution in [0.25, 0.3) is 11.3 Å². The van der Waals surface area contributed by atoms with Crippen LogP contribution in [0, 0.1) is 6.92 Å². The quantitative estimate of drug-likeness (QED) is 0.472. The Balaban J connectivity index is 1.52. The van der Waals surface area contributed by atoms with Gasteiger partial charge in [0, 0.05) is 6.07 Å². The number of carbonyl (C=O) groups excluding carboxylic acids is 1. The molecule has 28 heavy (non-hydrogen) atoms. The van der Waals surface area contributed by atoms with Crippen LogP contribution in [-0.4, -0.2) is 26.4 Å². The van der Waals surface area contributed by atoms with Crippen LogP contribution in [0.2, 0.25) is 0 Å². The van der Waals surface area contributed by atoms with E-state index in [-0.39, 0.29) is 11.7 Å². The predicted octanol–water partition coefficient (Wildman–Crippen LogP) is 4.22. The van der Waals surface area contributed by atoms with Crippen LogP contribution in [0.3, 0.4) is 0 Å². The van der Waals surface area contributed by atoms with Gasteiger partial charge in [0.05, 0.1) is 30.5 Å². The third-order valence-corrected chi connectivity index (χ3v) is 5.00. The number of anilines is 1. The number of nitrogens with one attached hydrogen (secondary N) is 1. The molecule has 0 bridgehead atoms. The fraction of sp³-hybridized carbons (Fsp3) is 0.150. The highest BCUT2D eigenvalue weighted by molar-refractivity contribution is 7.99. The van der Waals surface area contributed by atoms with Gasteiger partial charge in [0.2, 0.25) is 5.91 Å². The molecule has 0 atom stereocenters. The lowest BCUT2D eigenvalue weighted by molar-refractivity contribution is -0.113. The van der Waals surface area contributed by atoms with E-state index in [1.807, 2.05) is 53.2 Å². The summed E-state index contributed by atoms with van der Waals surface area (Å²) in [7, 11) is 0. The molecule has 1 amide bonds. The SMILES string of the molecule is Cc1cc(NC(=O)CSc2ncc(-c3ccccc3)n2Cc2ccco2)no1. The van der Waals surface area contributed by atoms with E-state index >= 15 is 0 Å². The Morgan fingerprint density at radius 1 is 1.21 bits per heavy atom. The Labute approximate surface area is 165 Å². The fourth-order valence-corrected chi connectivity index (χ4v) is 3.54. The monoisotopic (exact) mass is 394 g/mol. The molecule has 0 radical (unpaired) electrons. The van der Waals surface area contributed by atoms with Crippen molar-refractivity contribution in [3.63, 3.8) is 0 Å². The zero-order valence-electron chi connectivity index (χ0n) is 15.2. The molecular formula is C20H18N4O3S. The first-order chi connectivity index (χ1) is 13.7. The maximum Gasteiger partial charge on any atom is 0.236 e. The first-order valence-corrected chi connectivity index (χ1v) is 9.67. The van der Waals surface area contributed by atoms with Gasteiger partial charge in [-0.25, -0.2) is 4.98 Å². The van der Waals surface area contributed by atoms with Gasteiger partial charge in [-0.2, -0.15) is 0 Å². The number of hydrogen-bond acceptors (Lipinski definition) is 6. The summed E-state index contributed by atoms with van der Waals surface area (Å²) in [5.41, 5.74) is 2.02. The van der Waals surface area contributed by atoms with Gasteiger partial charge in [0.1, 0.15) is 11.5 Å². The Kier molecular flexibility index (Phi) is 5.29. The third-order valence-electron chi connectivity index (χ3n) is 4.01. The Hall–Kier alpha value is -3.26. The molecule has 0 spiro atoms. The normalized spacial score (nSPS) is 10.9. The van der Waals surface area contributed by atoms with E-state index in [9.17, 15) is 4.79 Å². The summed E-state index contributed by atoms with van der Waals surface area (Å²) in [6, 6.07) is 15.5. The van der Waals surface area contributed by atoms with Crippen LogP contribution in [0.1, 0.15) is 11.5 Å². The fourth-order valence-electron chi connectivity index (χ4n) is 2.76. The molecule has 0 unspecified atom stereocenters. The van der Waals surface area contributed by atoms with Crippen molar-refractivity contribution < 1.29 is 13.7 Å². The maximum absolute atomic E-state index is 12.2. The van der Waals surface area contributed by atoms with Gasteiger partial charge >= 0.3 is 0 Å². The standard InChI is InChI=1S/C20H18N4O3S/c1-14-10-18(23-27-14)22-19(25)13-28-20-21-11-17(15-6-3-2-4-7-15)24(20)12-16-8-5-9-26-16/h2-11H,12-13H2,1H3,(H,22,23,25). The highest BCUT2D eigenvalue weighted by Gasteiger charge is 2.15. The minimum Gasteiger partial charge on any atom is -0.467 e. The van der Waals surface area contributed by atoms with Gasteiger partial charge < -0.3 is 18.8 Å². The molecule has 142 valence electrons. The number of nitrogens with zero attached hydrogens (tertiary/aromatic N) is 3. The summed E-state index contributed by atoms with van der Waals surface area (Å²) in [5.74, 6) is 1.90. The summed E-state index contributed by atoms with van der Waals surface area (Å²) in [4.78, 5) is 16.8. The summed E-state index contributed by atoms with van der Waals surface area (Å²) in [6.45, 7) is 2.30. The van der Waals surface area contributed by atoms with E-state index in [4.69, 9.17) is 8.94 Å². The summed E-state index contributed by atoms with van der Waals surface area (Å²) < 4.78 is 12.5. The van der Waals surface area contributed by atoms with E-state index in [2.05, 4.69) is 15.5 Å². The van der Waals surface area contributed by atoms with Gasteiger partial charge in [-0.05, 0) is 24.6 Å². The molecule has 0 aliphatic rings. The van der Waals surface area contributed by atoms with Crippen LogP contribution in [0.15, 0.2) is 75.1 Å². The summed E-state index contributed by atoms with van der Waals surface area (Å²) >= 11 is 1.36. The predicted molar refractivity (Wildman–Crippen MR) is 106 cm³/mol. The van der Waals surface area contributed by atoms with Gasteiger partial charge in [0.15, 0.2) is 11.0 Å². The molecule has 1 N–H and O–H groups in total. The second-order valence-electron chi connectivity index (χ2n) is 6.12. The van der Waals surface area contributed by atoms with Gasteiger partial charge in [0.25, 0.3) is 0 Å². The number of aromatic nitrogens is 3. The molecule has 1 aromatic carbocycles. The second-order valence-corrected chi connectivity index (χ2v) is 7.06. The Morgan fingerprint density at radius 3 is 2.79 bits per heavy atom. The first kappa shape index (κ1) is 18.1. The zero-order valence-corrected chi connectivity index (χ0v) is 16.0. The van der Waals surface area contributed by atoms with Crippen molar-refractivity contribution in [3.8, 4) is 11.3 Å². The number of imidazole rings is 1. The van der Waals surface area contributed by atoms with E-state index in [0.717, 1.165) is 22.2 Å². The molecule has 0 aliphatic carbocycles. The van der Waals surface area contributed by atoms with E-state index in [1.165, 1.54) is 11.8 Å². The zero-order chi connectivity index (χ0) is 19.3. The van der Waals surface area contributed by atoms with Gasteiger partial charge in [-0.3, -0.25) is 4.79 Å². The number of furan rings is 1. The van der Waals surface area contributed by atoms with Gasteiger partial charge in [-0.1, -0.05) is 47.3 Å². The Bertz CT molecular complexity index is 1050. The number of thioether (sulfide) groups is 1. The largest absolute Gasteiger partial charge is 0.467 e. The molecule has 0 saturated carbocycles. The molecule has 3 heterocycles. The van der Waals surface area contributed by atoms with Gasteiger partial charge in [-0.15, -0.1) is 0 Å². The molecule has 8 heteroatoms. The van der Waals surface area contributed by atoms with Crippen LogP contribution >= 0.6 is 11.8 Å². The molecule has 7 nitrogen and oxygen atoms in total. The lowest BCUT2D eigenvalue weighted by atomic mass is 10.2. The number of hydrogen-bond donors (Lipinski definition) is 1. The first-order valence-electron chi connectivity index (χ1n) is 8.68. The average Bonchev–Trinajstić information content (AvgIpc) is 3.44. The van der Waals surface area contributed by atoms with Crippen molar-refractivity contribution >= 4 is 23.5 Å².